The molecule has 2 saturated carbocycles. The monoisotopic (exact) mass is 384 g/mol. The Labute approximate surface area is 169 Å². The van der Waals surface area contributed by atoms with Crippen LogP contribution in [0.5, 0.6) is 0 Å². The molecule has 0 radical (unpaired) electrons. The zero-order valence-electron chi connectivity index (χ0n) is 17.5. The Morgan fingerprint density at radius 3 is 1.75 bits per heavy atom. The average Bonchev–Trinajstić information content (AvgIpc) is 3.57. The molecule has 154 valence electrons. The van der Waals surface area contributed by atoms with E-state index in [1.165, 1.54) is 30.4 Å². The Hall–Kier alpha value is -1.64. The number of carbonyl (C=O) groups excluding carboxylic acids is 1. The number of hydrogen-bond acceptors (Lipinski definition) is 2. The fourth-order valence-electron chi connectivity index (χ4n) is 4.53. The summed E-state index contributed by atoms with van der Waals surface area (Å²) >= 11 is 0. The normalized spacial score (nSPS) is 18.6. The van der Waals surface area contributed by atoms with Crippen LogP contribution in [0.1, 0.15) is 95.1 Å². The summed E-state index contributed by atoms with van der Waals surface area (Å²) in [5.41, 5.74) is 2.55. The van der Waals surface area contributed by atoms with Gasteiger partial charge in [-0.05, 0) is 82.3 Å². The summed E-state index contributed by atoms with van der Waals surface area (Å²) in [6.45, 7) is 1.76. The number of carboxylic acid groups (broad SMARTS) is 1. The number of ketones is 1. The lowest BCUT2D eigenvalue weighted by atomic mass is 9.93. The summed E-state index contributed by atoms with van der Waals surface area (Å²) in [6, 6.07) is 8.96. The number of carbonyl (C=O) groups is 2. The van der Waals surface area contributed by atoms with Crippen LogP contribution in [-0.4, -0.2) is 16.9 Å². The Morgan fingerprint density at radius 2 is 1.32 bits per heavy atom. The maximum atomic E-state index is 11.6. The first-order valence-electron chi connectivity index (χ1n) is 11.3. The van der Waals surface area contributed by atoms with Crippen molar-refractivity contribution in [1.29, 1.82) is 0 Å². The Bertz CT molecular complexity index is 628. The second-order valence-corrected chi connectivity index (χ2v) is 9.36. The molecule has 0 amide bonds. The molecule has 0 unspecified atom stereocenters. The van der Waals surface area contributed by atoms with E-state index in [1.54, 1.807) is 6.92 Å². The molecule has 0 bridgehead atoms. The predicted octanol–water partition coefficient (Wildman–Crippen LogP) is 6.13. The standard InChI is InChI=1S/C25H36O3/c1-20(26)24(15-16-24)13-6-2-4-9-21-11-8-12-22(19-21)10-5-3-7-14-25(17-18-25)23(27)28/h8,11-12,19H,2-7,9-10,13-18H2,1H3,(H,27,28). The first-order valence-corrected chi connectivity index (χ1v) is 11.3. The molecule has 1 N–H and O–H groups in total. The molecule has 2 aliphatic carbocycles. The van der Waals surface area contributed by atoms with Crippen molar-refractivity contribution in [2.45, 2.75) is 96.8 Å². The highest BCUT2D eigenvalue weighted by molar-refractivity contribution is 5.84. The van der Waals surface area contributed by atoms with Crippen molar-refractivity contribution < 1.29 is 14.7 Å². The molecule has 3 heteroatoms. The van der Waals surface area contributed by atoms with Gasteiger partial charge in [0, 0.05) is 5.41 Å². The maximum Gasteiger partial charge on any atom is 0.309 e. The van der Waals surface area contributed by atoms with E-state index in [0.29, 0.717) is 5.78 Å². The van der Waals surface area contributed by atoms with Gasteiger partial charge in [0.15, 0.2) is 0 Å². The number of unbranched alkanes of at least 4 members (excludes halogenated alkanes) is 4. The van der Waals surface area contributed by atoms with Gasteiger partial charge in [0.1, 0.15) is 5.78 Å². The number of aliphatic carboxylic acids is 1. The van der Waals surface area contributed by atoms with Crippen molar-refractivity contribution in [1.82, 2.24) is 0 Å². The molecule has 28 heavy (non-hydrogen) atoms. The highest BCUT2D eigenvalue weighted by Crippen LogP contribution is 2.51. The maximum absolute atomic E-state index is 11.6. The molecule has 3 rings (SSSR count). The van der Waals surface area contributed by atoms with Crippen LogP contribution in [0.3, 0.4) is 0 Å². The summed E-state index contributed by atoms with van der Waals surface area (Å²) in [7, 11) is 0. The molecule has 0 aromatic heterocycles. The largest absolute Gasteiger partial charge is 0.481 e. The van der Waals surface area contributed by atoms with E-state index < -0.39 is 5.97 Å². The van der Waals surface area contributed by atoms with E-state index >= 15 is 0 Å². The van der Waals surface area contributed by atoms with Crippen LogP contribution in [0, 0.1) is 10.8 Å². The number of rotatable bonds is 14. The van der Waals surface area contributed by atoms with Crippen molar-refractivity contribution >= 4 is 11.8 Å². The van der Waals surface area contributed by atoms with Crippen molar-refractivity contribution in [2.24, 2.45) is 10.8 Å². The Balaban J connectivity index is 1.28. The lowest BCUT2D eigenvalue weighted by Gasteiger charge is -2.11. The van der Waals surface area contributed by atoms with Crippen molar-refractivity contribution in [3.63, 3.8) is 0 Å². The van der Waals surface area contributed by atoms with Gasteiger partial charge in [-0.1, -0.05) is 49.9 Å². The van der Waals surface area contributed by atoms with E-state index in [4.69, 9.17) is 0 Å². The molecule has 0 heterocycles. The van der Waals surface area contributed by atoms with Crippen LogP contribution < -0.4 is 0 Å². The van der Waals surface area contributed by atoms with Gasteiger partial charge in [0.2, 0.25) is 0 Å². The van der Waals surface area contributed by atoms with E-state index in [2.05, 4.69) is 24.3 Å². The Kier molecular flexibility index (Phi) is 6.95. The van der Waals surface area contributed by atoms with Gasteiger partial charge in [-0.15, -0.1) is 0 Å². The lowest BCUT2D eigenvalue weighted by Crippen LogP contribution is -2.14. The molecule has 3 nitrogen and oxygen atoms in total. The zero-order valence-corrected chi connectivity index (χ0v) is 17.5. The molecule has 2 aliphatic rings. The van der Waals surface area contributed by atoms with E-state index in [1.807, 2.05) is 0 Å². The first-order chi connectivity index (χ1) is 13.5. The third kappa shape index (κ3) is 5.68. The van der Waals surface area contributed by atoms with Gasteiger partial charge in [-0.2, -0.15) is 0 Å². The number of carboxylic acids is 1. The third-order valence-corrected chi connectivity index (χ3v) is 7.14. The molecule has 0 atom stereocenters. The summed E-state index contributed by atoms with van der Waals surface area (Å²) < 4.78 is 0. The predicted molar refractivity (Wildman–Crippen MR) is 112 cm³/mol. The zero-order chi connectivity index (χ0) is 20.0. The summed E-state index contributed by atoms with van der Waals surface area (Å²) in [4.78, 5) is 22.8. The van der Waals surface area contributed by atoms with Gasteiger partial charge in [-0.25, -0.2) is 0 Å². The third-order valence-electron chi connectivity index (χ3n) is 7.14. The number of hydrogen-bond donors (Lipinski definition) is 1. The van der Waals surface area contributed by atoms with Crippen LogP contribution in [0.4, 0.5) is 0 Å². The van der Waals surface area contributed by atoms with Gasteiger partial charge in [0.25, 0.3) is 0 Å². The second kappa shape index (κ2) is 9.24. The summed E-state index contributed by atoms with van der Waals surface area (Å²) in [5.74, 6) is -0.191. The average molecular weight is 385 g/mol. The highest BCUT2D eigenvalue weighted by Gasteiger charge is 2.49. The first kappa shape index (κ1) is 21.1. The minimum atomic E-state index is -0.589. The SMILES string of the molecule is CC(=O)C1(CCCCCc2cccc(CCCCCC3(C(=O)O)CC3)c2)CC1. The van der Waals surface area contributed by atoms with E-state index in [0.717, 1.165) is 70.6 Å². The van der Waals surface area contributed by atoms with Crippen molar-refractivity contribution in [2.75, 3.05) is 0 Å². The van der Waals surface area contributed by atoms with Gasteiger partial charge >= 0.3 is 5.97 Å². The van der Waals surface area contributed by atoms with Crippen LogP contribution in [0.25, 0.3) is 0 Å². The molecular formula is C25H36O3. The highest BCUT2D eigenvalue weighted by atomic mass is 16.4. The van der Waals surface area contributed by atoms with Crippen LogP contribution in [0.15, 0.2) is 24.3 Å². The molecule has 0 saturated heterocycles. The van der Waals surface area contributed by atoms with Crippen LogP contribution >= 0.6 is 0 Å². The van der Waals surface area contributed by atoms with E-state index in [-0.39, 0.29) is 10.8 Å². The minimum Gasteiger partial charge on any atom is -0.481 e. The van der Waals surface area contributed by atoms with E-state index in [9.17, 15) is 14.7 Å². The molecule has 1 aromatic rings. The van der Waals surface area contributed by atoms with Crippen molar-refractivity contribution in [3.8, 4) is 0 Å². The van der Waals surface area contributed by atoms with Crippen LogP contribution in [0.2, 0.25) is 0 Å². The number of aryl methyl sites for hydroxylation is 2. The lowest BCUT2D eigenvalue weighted by molar-refractivity contribution is -0.143. The summed E-state index contributed by atoms with van der Waals surface area (Å²) in [6.07, 6.45) is 15.0. The topological polar surface area (TPSA) is 54.4 Å². The minimum absolute atomic E-state index is 0.0729. The van der Waals surface area contributed by atoms with Crippen LogP contribution in [-0.2, 0) is 22.4 Å². The molecule has 1 aromatic carbocycles. The van der Waals surface area contributed by atoms with Gasteiger partial charge < -0.3 is 5.11 Å². The molecule has 0 aliphatic heterocycles. The second-order valence-electron chi connectivity index (χ2n) is 9.36. The number of Topliss-reactive ketones (excluding diaryl/α,β-unsaturated/α-hetero) is 1. The smallest absolute Gasteiger partial charge is 0.309 e. The fourth-order valence-corrected chi connectivity index (χ4v) is 4.53. The molecular weight excluding hydrogens is 348 g/mol. The van der Waals surface area contributed by atoms with Gasteiger partial charge in [0.05, 0.1) is 5.41 Å². The fraction of sp³-hybridized carbons (Fsp3) is 0.680. The van der Waals surface area contributed by atoms with Gasteiger partial charge in [-0.3, -0.25) is 9.59 Å². The quantitative estimate of drug-likeness (QED) is 0.393. The Morgan fingerprint density at radius 1 is 0.821 bits per heavy atom. The molecule has 0 spiro atoms. The molecule has 2 fully saturated rings. The number of benzene rings is 1. The summed E-state index contributed by atoms with van der Waals surface area (Å²) in [5, 5.41) is 9.23. The van der Waals surface area contributed by atoms with Crippen molar-refractivity contribution in [3.05, 3.63) is 35.4 Å².